The zero-order chi connectivity index (χ0) is 16.1. The summed E-state index contributed by atoms with van der Waals surface area (Å²) in [6.45, 7) is -0.163. The van der Waals surface area contributed by atoms with Crippen molar-refractivity contribution >= 4 is 41.3 Å². The zero-order valence-electron chi connectivity index (χ0n) is 11.3. The highest BCUT2D eigenvalue weighted by molar-refractivity contribution is 6.36. The quantitative estimate of drug-likeness (QED) is 0.609. The Kier molecular flexibility index (Phi) is 5.12. The molecule has 2 rings (SSSR count). The minimum atomic E-state index is -0.456. The highest BCUT2D eigenvalue weighted by atomic mass is 35.5. The first kappa shape index (κ1) is 16.0. The summed E-state index contributed by atoms with van der Waals surface area (Å²) < 4.78 is 6.27. The van der Waals surface area contributed by atoms with E-state index in [4.69, 9.17) is 33.7 Å². The van der Waals surface area contributed by atoms with Crippen molar-refractivity contribution < 1.29 is 9.53 Å². The monoisotopic (exact) mass is 343 g/mol. The van der Waals surface area contributed by atoms with E-state index in [1.165, 1.54) is 13.3 Å². The number of rotatable bonds is 5. The SMILES string of the molecule is COc1c(Cl)cc(Cl)cc1/C=N\NC(=O)Cn1nnnc1N. The number of nitrogens with zero attached hydrogens (tertiary/aromatic N) is 5. The van der Waals surface area contributed by atoms with Crippen molar-refractivity contribution in [3.8, 4) is 5.75 Å². The highest BCUT2D eigenvalue weighted by Crippen LogP contribution is 2.30. The lowest BCUT2D eigenvalue weighted by Gasteiger charge is -2.07. The van der Waals surface area contributed by atoms with Crippen molar-refractivity contribution in [3.05, 3.63) is 27.7 Å². The lowest BCUT2D eigenvalue weighted by atomic mass is 10.2. The minimum absolute atomic E-state index is 0.0300. The first-order valence-corrected chi connectivity index (χ1v) is 6.63. The predicted octanol–water partition coefficient (Wildman–Crippen LogP) is 0.721. The van der Waals surface area contributed by atoms with Gasteiger partial charge in [0.1, 0.15) is 12.3 Å². The van der Waals surface area contributed by atoms with E-state index in [1.54, 1.807) is 12.1 Å². The second-order valence-electron chi connectivity index (χ2n) is 4.00. The summed E-state index contributed by atoms with van der Waals surface area (Å²) in [5, 5.41) is 14.9. The van der Waals surface area contributed by atoms with Crippen LogP contribution < -0.4 is 15.9 Å². The van der Waals surface area contributed by atoms with Crippen LogP contribution in [0.5, 0.6) is 5.75 Å². The molecular formula is C11H11Cl2N7O2. The standard InChI is InChI=1S/C11H11Cl2N7O2/c1-22-10-6(2-7(12)3-8(10)13)4-15-16-9(21)5-20-11(14)17-18-19-20/h2-4H,5H2,1H3,(H,16,21)(H2,14,17,19)/b15-4-. The molecule has 2 aromatic rings. The molecule has 1 amide bonds. The number of aromatic nitrogens is 4. The van der Waals surface area contributed by atoms with Gasteiger partial charge in [-0.1, -0.05) is 28.3 Å². The molecule has 0 atom stereocenters. The third-order valence-corrected chi connectivity index (χ3v) is 2.99. The van der Waals surface area contributed by atoms with E-state index in [-0.39, 0.29) is 12.5 Å². The van der Waals surface area contributed by atoms with E-state index in [0.717, 1.165) is 4.68 Å². The Bertz CT molecular complexity index is 716. The number of methoxy groups -OCH3 is 1. The van der Waals surface area contributed by atoms with Crippen LogP contribution in [0.4, 0.5) is 5.95 Å². The molecule has 0 aliphatic carbocycles. The molecule has 0 spiro atoms. The number of amides is 1. The summed E-state index contributed by atoms with van der Waals surface area (Å²) in [4.78, 5) is 11.7. The molecule has 116 valence electrons. The summed E-state index contributed by atoms with van der Waals surface area (Å²) in [6, 6.07) is 3.14. The molecule has 3 N–H and O–H groups in total. The molecule has 0 aliphatic rings. The van der Waals surface area contributed by atoms with E-state index in [2.05, 4.69) is 26.1 Å². The fourth-order valence-electron chi connectivity index (χ4n) is 1.56. The number of hydrogen-bond donors (Lipinski definition) is 2. The van der Waals surface area contributed by atoms with Crippen LogP contribution in [0, 0.1) is 0 Å². The number of carbonyl (C=O) groups is 1. The van der Waals surface area contributed by atoms with Crippen molar-refractivity contribution in [2.75, 3.05) is 12.8 Å². The van der Waals surface area contributed by atoms with Gasteiger partial charge in [0.2, 0.25) is 5.95 Å². The van der Waals surface area contributed by atoms with Crippen molar-refractivity contribution in [3.63, 3.8) is 0 Å². The van der Waals surface area contributed by atoms with Crippen molar-refractivity contribution in [1.29, 1.82) is 0 Å². The molecule has 0 saturated carbocycles. The number of tetrazole rings is 1. The first-order chi connectivity index (χ1) is 10.5. The first-order valence-electron chi connectivity index (χ1n) is 5.88. The molecule has 9 nitrogen and oxygen atoms in total. The van der Waals surface area contributed by atoms with Gasteiger partial charge in [0, 0.05) is 10.6 Å². The molecule has 22 heavy (non-hydrogen) atoms. The molecule has 0 unspecified atom stereocenters. The molecule has 0 radical (unpaired) electrons. The molecule has 0 saturated heterocycles. The van der Waals surface area contributed by atoms with Gasteiger partial charge in [-0.25, -0.2) is 10.1 Å². The molecule has 0 aliphatic heterocycles. The predicted molar refractivity (Wildman–Crippen MR) is 81.0 cm³/mol. The van der Waals surface area contributed by atoms with Gasteiger partial charge in [0.05, 0.1) is 18.3 Å². The Morgan fingerprint density at radius 2 is 2.32 bits per heavy atom. The number of nitrogen functional groups attached to an aromatic ring is 1. The van der Waals surface area contributed by atoms with Gasteiger partial charge >= 0.3 is 0 Å². The van der Waals surface area contributed by atoms with Gasteiger partial charge in [0.25, 0.3) is 5.91 Å². The van der Waals surface area contributed by atoms with Crippen molar-refractivity contribution in [2.45, 2.75) is 6.54 Å². The number of anilines is 1. The Morgan fingerprint density at radius 1 is 1.55 bits per heavy atom. The van der Waals surface area contributed by atoms with Crippen LogP contribution in [0.1, 0.15) is 5.56 Å². The van der Waals surface area contributed by atoms with Crippen LogP contribution in [0.3, 0.4) is 0 Å². The number of ether oxygens (including phenoxy) is 1. The largest absolute Gasteiger partial charge is 0.495 e. The molecule has 1 aromatic heterocycles. The Labute approximate surface area is 135 Å². The van der Waals surface area contributed by atoms with Crippen LogP contribution in [-0.4, -0.2) is 39.4 Å². The van der Waals surface area contributed by atoms with Gasteiger partial charge in [0.15, 0.2) is 0 Å². The average Bonchev–Trinajstić information content (AvgIpc) is 2.84. The summed E-state index contributed by atoms with van der Waals surface area (Å²) in [6.07, 6.45) is 1.36. The van der Waals surface area contributed by atoms with E-state index in [1.807, 2.05) is 0 Å². The molecule has 1 aromatic carbocycles. The topological polar surface area (TPSA) is 120 Å². The molecule has 0 fully saturated rings. The second kappa shape index (κ2) is 7.05. The van der Waals surface area contributed by atoms with Gasteiger partial charge in [-0.3, -0.25) is 4.79 Å². The van der Waals surface area contributed by atoms with Gasteiger partial charge in [-0.05, 0) is 22.6 Å². The van der Waals surface area contributed by atoms with E-state index < -0.39 is 5.91 Å². The number of nitrogens with one attached hydrogen (secondary N) is 1. The van der Waals surface area contributed by atoms with Crippen LogP contribution in [0.15, 0.2) is 17.2 Å². The lowest BCUT2D eigenvalue weighted by Crippen LogP contribution is -2.24. The molecule has 11 heteroatoms. The van der Waals surface area contributed by atoms with Crippen LogP contribution in [-0.2, 0) is 11.3 Å². The number of nitrogens with two attached hydrogens (primary N) is 1. The number of hydrogen-bond acceptors (Lipinski definition) is 7. The Morgan fingerprint density at radius 3 is 2.95 bits per heavy atom. The Hall–Kier alpha value is -2.39. The lowest BCUT2D eigenvalue weighted by molar-refractivity contribution is -0.121. The number of benzene rings is 1. The van der Waals surface area contributed by atoms with Crippen molar-refractivity contribution in [1.82, 2.24) is 25.6 Å². The van der Waals surface area contributed by atoms with E-state index >= 15 is 0 Å². The highest BCUT2D eigenvalue weighted by Gasteiger charge is 2.09. The Balaban J connectivity index is 2.03. The summed E-state index contributed by atoms with van der Waals surface area (Å²) in [7, 11) is 1.46. The van der Waals surface area contributed by atoms with Gasteiger partial charge < -0.3 is 10.5 Å². The fraction of sp³-hybridized carbons (Fsp3) is 0.182. The van der Waals surface area contributed by atoms with Crippen LogP contribution in [0.25, 0.3) is 0 Å². The molecule has 1 heterocycles. The van der Waals surface area contributed by atoms with Crippen molar-refractivity contribution in [2.24, 2.45) is 5.10 Å². The van der Waals surface area contributed by atoms with Crippen LogP contribution in [0.2, 0.25) is 10.0 Å². The fourth-order valence-corrected chi connectivity index (χ4v) is 2.15. The van der Waals surface area contributed by atoms with Gasteiger partial charge in [-0.15, -0.1) is 0 Å². The number of hydrazone groups is 1. The third kappa shape index (κ3) is 3.83. The summed E-state index contributed by atoms with van der Waals surface area (Å²) in [5.74, 6) is -0.0291. The number of carbonyl (C=O) groups excluding carboxylic acids is 1. The third-order valence-electron chi connectivity index (χ3n) is 2.49. The molecule has 0 bridgehead atoms. The van der Waals surface area contributed by atoms with E-state index in [0.29, 0.717) is 21.4 Å². The number of halogens is 2. The minimum Gasteiger partial charge on any atom is -0.495 e. The maximum atomic E-state index is 11.7. The zero-order valence-corrected chi connectivity index (χ0v) is 12.8. The smallest absolute Gasteiger partial charge is 0.261 e. The maximum absolute atomic E-state index is 11.7. The van der Waals surface area contributed by atoms with E-state index in [9.17, 15) is 4.79 Å². The summed E-state index contributed by atoms with van der Waals surface area (Å²) >= 11 is 11.9. The van der Waals surface area contributed by atoms with Gasteiger partial charge in [-0.2, -0.15) is 5.10 Å². The van der Waals surface area contributed by atoms with Crippen LogP contribution >= 0.6 is 23.2 Å². The maximum Gasteiger partial charge on any atom is 0.261 e. The normalized spacial score (nSPS) is 10.9. The second-order valence-corrected chi connectivity index (χ2v) is 4.84. The molecular weight excluding hydrogens is 333 g/mol. The summed E-state index contributed by atoms with van der Waals surface area (Å²) in [5.41, 5.74) is 8.26. The average molecular weight is 344 g/mol.